The Labute approximate surface area is 112 Å². The summed E-state index contributed by atoms with van der Waals surface area (Å²) in [5, 5.41) is 3.75. The third-order valence-electron chi connectivity index (χ3n) is 4.54. The summed E-state index contributed by atoms with van der Waals surface area (Å²) in [7, 11) is 0. The van der Waals surface area contributed by atoms with Gasteiger partial charge in [0.05, 0.1) is 6.10 Å². The topological polar surface area (TPSA) is 47.3 Å². The van der Waals surface area contributed by atoms with Crippen molar-refractivity contribution in [1.82, 2.24) is 5.32 Å². The molecule has 0 aromatic carbocycles. The smallest absolute Gasteiger partial charge is 0.0593 e. The molecule has 0 aromatic heterocycles. The minimum Gasteiger partial charge on any atom is -0.378 e. The Balaban J connectivity index is 1.72. The Kier molecular flexibility index (Phi) is 5.46. The molecule has 0 amide bonds. The molecule has 0 radical (unpaired) electrons. The van der Waals surface area contributed by atoms with Crippen molar-refractivity contribution >= 4 is 0 Å². The van der Waals surface area contributed by atoms with E-state index in [2.05, 4.69) is 12.2 Å². The zero-order valence-electron chi connectivity index (χ0n) is 11.9. The molecule has 106 valence electrons. The van der Waals surface area contributed by atoms with Gasteiger partial charge in [0, 0.05) is 18.7 Å². The van der Waals surface area contributed by atoms with Crippen LogP contribution in [0.4, 0.5) is 0 Å². The summed E-state index contributed by atoms with van der Waals surface area (Å²) >= 11 is 0. The summed E-state index contributed by atoms with van der Waals surface area (Å²) in [4.78, 5) is 0. The van der Waals surface area contributed by atoms with Gasteiger partial charge in [0.25, 0.3) is 0 Å². The van der Waals surface area contributed by atoms with Gasteiger partial charge in [-0.3, -0.25) is 0 Å². The third kappa shape index (κ3) is 4.22. The number of nitrogens with one attached hydrogen (secondary N) is 1. The molecule has 1 heterocycles. The van der Waals surface area contributed by atoms with Crippen LogP contribution in [0, 0.1) is 5.92 Å². The zero-order chi connectivity index (χ0) is 12.8. The maximum atomic E-state index is 6.03. The lowest BCUT2D eigenvalue weighted by Crippen LogP contribution is -2.56. The molecule has 1 aliphatic carbocycles. The summed E-state index contributed by atoms with van der Waals surface area (Å²) in [5.74, 6) is 1.04. The van der Waals surface area contributed by atoms with Crippen LogP contribution in [-0.4, -0.2) is 31.3 Å². The molecule has 1 saturated carbocycles. The Hall–Kier alpha value is -0.120. The first-order chi connectivity index (χ1) is 8.78. The molecule has 1 saturated heterocycles. The lowest BCUT2D eigenvalue weighted by molar-refractivity contribution is -0.0306. The fourth-order valence-corrected chi connectivity index (χ4v) is 3.09. The van der Waals surface area contributed by atoms with Crippen molar-refractivity contribution in [3.63, 3.8) is 0 Å². The maximum Gasteiger partial charge on any atom is 0.0593 e. The van der Waals surface area contributed by atoms with Gasteiger partial charge in [-0.15, -0.1) is 0 Å². The predicted octanol–water partition coefficient (Wildman–Crippen LogP) is 2.44. The van der Waals surface area contributed by atoms with E-state index in [9.17, 15) is 0 Å². The van der Waals surface area contributed by atoms with Gasteiger partial charge in [0.2, 0.25) is 0 Å². The number of nitrogens with two attached hydrogens (primary N) is 1. The standard InChI is InChI=1S/C15H30N2O/c1-2-4-14-11-15(12-16,8-10-18-14)17-9-3-5-13-6-7-13/h13-14,17H,2-12,16H2,1H3. The first kappa shape index (κ1) is 14.3. The largest absolute Gasteiger partial charge is 0.378 e. The average Bonchev–Trinajstić information content (AvgIpc) is 3.20. The van der Waals surface area contributed by atoms with E-state index in [4.69, 9.17) is 10.5 Å². The summed E-state index contributed by atoms with van der Waals surface area (Å²) in [6, 6.07) is 0. The van der Waals surface area contributed by atoms with Crippen LogP contribution >= 0.6 is 0 Å². The van der Waals surface area contributed by atoms with E-state index in [1.807, 2.05) is 0 Å². The molecule has 0 bridgehead atoms. The summed E-state index contributed by atoms with van der Waals surface area (Å²) in [6.07, 6.45) is 10.6. The van der Waals surface area contributed by atoms with E-state index >= 15 is 0 Å². The highest BCUT2D eigenvalue weighted by molar-refractivity contribution is 4.94. The monoisotopic (exact) mass is 254 g/mol. The summed E-state index contributed by atoms with van der Waals surface area (Å²) in [5.41, 5.74) is 6.19. The third-order valence-corrected chi connectivity index (χ3v) is 4.54. The van der Waals surface area contributed by atoms with E-state index in [1.165, 1.54) is 38.5 Å². The van der Waals surface area contributed by atoms with Gasteiger partial charge >= 0.3 is 0 Å². The van der Waals surface area contributed by atoms with Gasteiger partial charge in [-0.25, -0.2) is 0 Å². The highest BCUT2D eigenvalue weighted by Crippen LogP contribution is 2.33. The van der Waals surface area contributed by atoms with Crippen LogP contribution < -0.4 is 11.1 Å². The van der Waals surface area contributed by atoms with E-state index in [0.717, 1.165) is 38.5 Å². The molecular weight excluding hydrogens is 224 g/mol. The number of rotatable bonds is 8. The van der Waals surface area contributed by atoms with Crippen LogP contribution in [-0.2, 0) is 4.74 Å². The highest BCUT2D eigenvalue weighted by atomic mass is 16.5. The zero-order valence-corrected chi connectivity index (χ0v) is 11.9. The van der Waals surface area contributed by atoms with Crippen molar-refractivity contribution in [3.8, 4) is 0 Å². The van der Waals surface area contributed by atoms with Gasteiger partial charge in [-0.05, 0) is 44.6 Å². The maximum absolute atomic E-state index is 6.03. The second kappa shape index (κ2) is 6.88. The minimum absolute atomic E-state index is 0.154. The van der Waals surface area contributed by atoms with Crippen LogP contribution in [0.1, 0.15) is 58.3 Å². The lowest BCUT2D eigenvalue weighted by atomic mass is 9.85. The predicted molar refractivity (Wildman–Crippen MR) is 75.6 cm³/mol. The fourth-order valence-electron chi connectivity index (χ4n) is 3.09. The molecule has 3 nitrogen and oxygen atoms in total. The minimum atomic E-state index is 0.154. The Morgan fingerprint density at radius 1 is 1.33 bits per heavy atom. The van der Waals surface area contributed by atoms with E-state index in [1.54, 1.807) is 0 Å². The van der Waals surface area contributed by atoms with Crippen molar-refractivity contribution in [1.29, 1.82) is 0 Å². The summed E-state index contributed by atoms with van der Waals surface area (Å²) < 4.78 is 5.83. The molecule has 0 aromatic rings. The highest BCUT2D eigenvalue weighted by Gasteiger charge is 2.35. The van der Waals surface area contributed by atoms with Gasteiger partial charge < -0.3 is 15.8 Å². The first-order valence-electron chi connectivity index (χ1n) is 7.85. The number of hydrogen-bond acceptors (Lipinski definition) is 3. The molecule has 2 rings (SSSR count). The molecule has 3 N–H and O–H groups in total. The quantitative estimate of drug-likeness (QED) is 0.654. The molecular formula is C15H30N2O. The Morgan fingerprint density at radius 2 is 2.17 bits per heavy atom. The summed E-state index contributed by atoms with van der Waals surface area (Å²) in [6.45, 7) is 4.98. The van der Waals surface area contributed by atoms with Crippen LogP contribution in [0.15, 0.2) is 0 Å². The van der Waals surface area contributed by atoms with Crippen molar-refractivity contribution in [3.05, 3.63) is 0 Å². The normalized spacial score (nSPS) is 32.7. The Morgan fingerprint density at radius 3 is 2.83 bits per heavy atom. The second-order valence-electron chi connectivity index (χ2n) is 6.23. The molecule has 3 heteroatoms. The number of ether oxygens (including phenoxy) is 1. The van der Waals surface area contributed by atoms with Crippen molar-refractivity contribution < 1.29 is 4.74 Å². The van der Waals surface area contributed by atoms with Crippen molar-refractivity contribution in [2.45, 2.75) is 69.9 Å². The van der Waals surface area contributed by atoms with Crippen molar-refractivity contribution in [2.75, 3.05) is 19.7 Å². The SMILES string of the molecule is CCCC1CC(CN)(NCCCC2CC2)CCO1. The van der Waals surface area contributed by atoms with Gasteiger partial charge in [0.15, 0.2) is 0 Å². The average molecular weight is 254 g/mol. The van der Waals surface area contributed by atoms with E-state index in [0.29, 0.717) is 6.10 Å². The number of hydrogen-bond donors (Lipinski definition) is 2. The van der Waals surface area contributed by atoms with Gasteiger partial charge in [-0.2, -0.15) is 0 Å². The molecule has 18 heavy (non-hydrogen) atoms. The molecule has 1 aliphatic heterocycles. The van der Waals surface area contributed by atoms with Gasteiger partial charge in [-0.1, -0.05) is 26.2 Å². The van der Waals surface area contributed by atoms with Crippen molar-refractivity contribution in [2.24, 2.45) is 11.7 Å². The lowest BCUT2D eigenvalue weighted by Gasteiger charge is -2.41. The first-order valence-corrected chi connectivity index (χ1v) is 7.85. The second-order valence-corrected chi connectivity index (χ2v) is 6.23. The van der Waals surface area contributed by atoms with Crippen LogP contribution in [0.2, 0.25) is 0 Å². The molecule has 2 aliphatic rings. The Bertz CT molecular complexity index is 241. The van der Waals surface area contributed by atoms with Crippen LogP contribution in [0.25, 0.3) is 0 Å². The van der Waals surface area contributed by atoms with E-state index < -0.39 is 0 Å². The van der Waals surface area contributed by atoms with E-state index in [-0.39, 0.29) is 5.54 Å². The fraction of sp³-hybridized carbons (Fsp3) is 1.00. The van der Waals surface area contributed by atoms with Crippen LogP contribution in [0.5, 0.6) is 0 Å². The molecule has 2 unspecified atom stereocenters. The molecule has 2 atom stereocenters. The van der Waals surface area contributed by atoms with Crippen LogP contribution in [0.3, 0.4) is 0 Å². The molecule has 2 fully saturated rings. The van der Waals surface area contributed by atoms with Gasteiger partial charge in [0.1, 0.15) is 0 Å². The molecule has 0 spiro atoms.